The lowest BCUT2D eigenvalue weighted by Gasteiger charge is -2.00. The Balaban J connectivity index is 2.65. The van der Waals surface area contributed by atoms with E-state index >= 15 is 0 Å². The first-order chi connectivity index (χ1) is 4.91. The van der Waals surface area contributed by atoms with Crippen molar-refractivity contribution < 1.29 is 9.84 Å². The molecule has 2 N–H and O–H groups in total. The number of ether oxygens (including phenoxy) is 1. The molecule has 0 amide bonds. The number of nitrogens with one attached hydrogen (secondary N) is 1. The second-order valence-electron chi connectivity index (χ2n) is 2.15. The molecular formula is C7H17NO2. The zero-order valence-corrected chi connectivity index (χ0v) is 6.60. The fourth-order valence-corrected chi connectivity index (χ4v) is 0.673. The van der Waals surface area contributed by atoms with E-state index in [2.05, 4.69) is 5.32 Å². The number of aliphatic hydroxyl groups is 1. The molecule has 0 aromatic rings. The van der Waals surface area contributed by atoms with Crippen molar-refractivity contribution >= 4 is 0 Å². The van der Waals surface area contributed by atoms with Crippen LogP contribution < -0.4 is 5.32 Å². The molecule has 3 heteroatoms. The van der Waals surface area contributed by atoms with E-state index < -0.39 is 0 Å². The fraction of sp³-hybridized carbons (Fsp3) is 1.00. The highest BCUT2D eigenvalue weighted by Gasteiger charge is 1.86. The summed E-state index contributed by atoms with van der Waals surface area (Å²) >= 11 is 0. The molecular weight excluding hydrogens is 130 g/mol. The van der Waals surface area contributed by atoms with Crippen LogP contribution in [0.5, 0.6) is 0 Å². The van der Waals surface area contributed by atoms with E-state index in [-0.39, 0.29) is 6.61 Å². The molecule has 0 rings (SSSR count). The van der Waals surface area contributed by atoms with Gasteiger partial charge < -0.3 is 15.2 Å². The summed E-state index contributed by atoms with van der Waals surface area (Å²) in [7, 11) is 1.94. The van der Waals surface area contributed by atoms with E-state index in [1.54, 1.807) is 0 Å². The molecule has 10 heavy (non-hydrogen) atoms. The van der Waals surface area contributed by atoms with Gasteiger partial charge >= 0.3 is 0 Å². The van der Waals surface area contributed by atoms with Gasteiger partial charge in [0.05, 0.1) is 13.2 Å². The summed E-state index contributed by atoms with van der Waals surface area (Å²) in [6, 6.07) is 0. The molecule has 0 aliphatic heterocycles. The topological polar surface area (TPSA) is 41.5 Å². The van der Waals surface area contributed by atoms with E-state index in [0.717, 1.165) is 26.0 Å². The monoisotopic (exact) mass is 147 g/mol. The summed E-state index contributed by atoms with van der Waals surface area (Å²) in [5.41, 5.74) is 0. The smallest absolute Gasteiger partial charge is 0.0697 e. The van der Waals surface area contributed by atoms with Crippen LogP contribution in [0.4, 0.5) is 0 Å². The van der Waals surface area contributed by atoms with Crippen molar-refractivity contribution in [3.63, 3.8) is 0 Å². The highest BCUT2D eigenvalue weighted by molar-refractivity contribution is 4.41. The Morgan fingerprint density at radius 2 is 2.10 bits per heavy atom. The summed E-state index contributed by atoms with van der Waals surface area (Å²) in [6.07, 6.45) is 2.21. The van der Waals surface area contributed by atoms with Crippen molar-refractivity contribution in [3.8, 4) is 0 Å². The van der Waals surface area contributed by atoms with E-state index in [4.69, 9.17) is 9.84 Å². The summed E-state index contributed by atoms with van der Waals surface area (Å²) < 4.78 is 5.05. The minimum absolute atomic E-state index is 0.131. The van der Waals surface area contributed by atoms with Crippen LogP contribution in [0.1, 0.15) is 12.8 Å². The lowest BCUT2D eigenvalue weighted by molar-refractivity contribution is 0.0899. The zero-order valence-electron chi connectivity index (χ0n) is 6.60. The van der Waals surface area contributed by atoms with Crippen LogP contribution in [-0.2, 0) is 4.74 Å². The van der Waals surface area contributed by atoms with Crippen LogP contribution in [0.15, 0.2) is 0 Å². The van der Waals surface area contributed by atoms with Gasteiger partial charge in [0.25, 0.3) is 0 Å². The molecule has 0 unspecified atom stereocenters. The molecule has 0 atom stereocenters. The van der Waals surface area contributed by atoms with Crippen molar-refractivity contribution in [1.29, 1.82) is 0 Å². The van der Waals surface area contributed by atoms with Gasteiger partial charge in [-0.1, -0.05) is 0 Å². The van der Waals surface area contributed by atoms with Crippen molar-refractivity contribution in [3.05, 3.63) is 0 Å². The van der Waals surface area contributed by atoms with Crippen LogP contribution >= 0.6 is 0 Å². The molecule has 62 valence electrons. The van der Waals surface area contributed by atoms with E-state index in [9.17, 15) is 0 Å². The van der Waals surface area contributed by atoms with Crippen molar-refractivity contribution in [2.75, 3.05) is 33.4 Å². The predicted octanol–water partition coefficient (Wildman–Crippen LogP) is -0.00510. The number of hydrogen-bond acceptors (Lipinski definition) is 3. The Kier molecular flexibility index (Phi) is 8.77. The Bertz CT molecular complexity index is 51.6. The lowest BCUT2D eigenvalue weighted by Crippen LogP contribution is -2.09. The molecule has 0 saturated heterocycles. The van der Waals surface area contributed by atoms with Crippen molar-refractivity contribution in [2.24, 2.45) is 0 Å². The highest BCUT2D eigenvalue weighted by Crippen LogP contribution is 1.87. The van der Waals surface area contributed by atoms with Crippen LogP contribution in [-0.4, -0.2) is 38.5 Å². The van der Waals surface area contributed by atoms with Crippen molar-refractivity contribution in [1.82, 2.24) is 5.32 Å². The molecule has 0 bridgehead atoms. The Morgan fingerprint density at radius 3 is 2.70 bits per heavy atom. The van der Waals surface area contributed by atoms with E-state index in [1.807, 2.05) is 7.05 Å². The Labute approximate surface area is 62.4 Å². The van der Waals surface area contributed by atoms with Crippen LogP contribution in [0.2, 0.25) is 0 Å². The Hall–Kier alpha value is -0.120. The molecule has 0 radical (unpaired) electrons. The standard InChI is InChI=1S/C7H17NO2/c1-8-4-2-3-6-10-7-5-9/h8-9H,2-7H2,1H3. The largest absolute Gasteiger partial charge is 0.394 e. The lowest BCUT2D eigenvalue weighted by atomic mass is 10.3. The van der Waals surface area contributed by atoms with Crippen molar-refractivity contribution in [2.45, 2.75) is 12.8 Å². The molecule has 3 nitrogen and oxygen atoms in total. The zero-order chi connectivity index (χ0) is 7.66. The molecule has 0 aliphatic rings. The minimum atomic E-state index is 0.131. The van der Waals surface area contributed by atoms with Gasteiger partial charge in [-0.15, -0.1) is 0 Å². The molecule has 0 aliphatic carbocycles. The maximum absolute atomic E-state index is 8.33. The molecule has 0 fully saturated rings. The van der Waals surface area contributed by atoms with E-state index in [0.29, 0.717) is 6.61 Å². The second-order valence-corrected chi connectivity index (χ2v) is 2.15. The molecule has 0 aromatic carbocycles. The fourth-order valence-electron chi connectivity index (χ4n) is 0.673. The normalized spacial score (nSPS) is 10.2. The van der Waals surface area contributed by atoms with Gasteiger partial charge in [-0.3, -0.25) is 0 Å². The number of unbranched alkanes of at least 4 members (excludes halogenated alkanes) is 1. The summed E-state index contributed by atoms with van der Waals surface area (Å²) in [4.78, 5) is 0. The molecule has 0 saturated carbocycles. The van der Waals surface area contributed by atoms with Gasteiger partial charge in [-0.2, -0.15) is 0 Å². The minimum Gasteiger partial charge on any atom is -0.394 e. The quantitative estimate of drug-likeness (QED) is 0.498. The van der Waals surface area contributed by atoms with Gasteiger partial charge in [-0.25, -0.2) is 0 Å². The predicted molar refractivity (Wildman–Crippen MR) is 41.1 cm³/mol. The SMILES string of the molecule is CNCCCCOCCO. The van der Waals surface area contributed by atoms with Gasteiger partial charge in [-0.05, 0) is 26.4 Å². The molecule has 0 heterocycles. The van der Waals surface area contributed by atoms with Crippen LogP contribution in [0.25, 0.3) is 0 Å². The first-order valence-electron chi connectivity index (χ1n) is 3.75. The number of rotatable bonds is 7. The van der Waals surface area contributed by atoms with E-state index in [1.165, 1.54) is 0 Å². The summed E-state index contributed by atoms with van der Waals surface area (Å²) in [5.74, 6) is 0. The molecule has 0 spiro atoms. The number of aliphatic hydroxyl groups excluding tert-OH is 1. The van der Waals surface area contributed by atoms with Gasteiger partial charge in [0.2, 0.25) is 0 Å². The van der Waals surface area contributed by atoms with Gasteiger partial charge in [0.1, 0.15) is 0 Å². The van der Waals surface area contributed by atoms with Gasteiger partial charge in [0, 0.05) is 6.61 Å². The number of hydrogen-bond donors (Lipinski definition) is 2. The third-order valence-corrected chi connectivity index (χ3v) is 1.20. The third kappa shape index (κ3) is 7.88. The first-order valence-corrected chi connectivity index (χ1v) is 3.75. The van der Waals surface area contributed by atoms with Gasteiger partial charge in [0.15, 0.2) is 0 Å². The molecule has 0 aromatic heterocycles. The maximum Gasteiger partial charge on any atom is 0.0697 e. The average Bonchev–Trinajstić information content (AvgIpc) is 1.97. The maximum atomic E-state index is 8.33. The second kappa shape index (κ2) is 8.88. The van der Waals surface area contributed by atoms with Crippen LogP contribution in [0, 0.1) is 0 Å². The third-order valence-electron chi connectivity index (χ3n) is 1.20. The summed E-state index contributed by atoms with van der Waals surface area (Å²) in [6.45, 7) is 2.41. The first kappa shape index (κ1) is 9.88. The average molecular weight is 147 g/mol. The van der Waals surface area contributed by atoms with Crippen LogP contribution in [0.3, 0.4) is 0 Å². The highest BCUT2D eigenvalue weighted by atomic mass is 16.5. The summed E-state index contributed by atoms with van der Waals surface area (Å²) in [5, 5.41) is 11.4. The Morgan fingerprint density at radius 1 is 1.30 bits per heavy atom.